The van der Waals surface area contributed by atoms with Crippen molar-refractivity contribution in [2.45, 2.75) is 26.4 Å². The zero-order chi connectivity index (χ0) is 23.6. The molecule has 2 heterocycles. The average molecular weight is 526 g/mol. The maximum absolute atomic E-state index is 13.4. The van der Waals surface area contributed by atoms with Crippen molar-refractivity contribution in [3.63, 3.8) is 0 Å². The van der Waals surface area contributed by atoms with Crippen LogP contribution in [0.1, 0.15) is 25.5 Å². The highest BCUT2D eigenvalue weighted by molar-refractivity contribution is 9.10. The molecule has 0 unspecified atom stereocenters. The number of fused-ring (bicyclic) bond motifs is 1. The standard InChI is InChI=1S/C21H24BrN3O6S/c1-5-31-19-8-14(6-7-18(19)30-3)17(12-32(4,28)29)25-20-16(9-15(22)10-23-20)24(21(25)27)11-13(2)26/h6-10,17H,5,11-12H2,1-4H3/t17-/m1/s1. The number of nitrogens with zero attached hydrogens (tertiary/aromatic N) is 3. The van der Waals surface area contributed by atoms with E-state index in [0.717, 1.165) is 6.26 Å². The van der Waals surface area contributed by atoms with Gasteiger partial charge in [-0.1, -0.05) is 6.07 Å². The van der Waals surface area contributed by atoms with E-state index in [-0.39, 0.29) is 23.7 Å². The van der Waals surface area contributed by atoms with E-state index in [1.165, 1.54) is 29.4 Å². The molecule has 32 heavy (non-hydrogen) atoms. The lowest BCUT2D eigenvalue weighted by molar-refractivity contribution is -0.117. The van der Waals surface area contributed by atoms with E-state index in [9.17, 15) is 18.0 Å². The van der Waals surface area contributed by atoms with E-state index < -0.39 is 21.6 Å². The van der Waals surface area contributed by atoms with Gasteiger partial charge in [-0.15, -0.1) is 0 Å². The number of ketones is 1. The molecule has 2 aromatic heterocycles. The first-order chi connectivity index (χ1) is 15.1. The number of rotatable bonds is 9. The highest BCUT2D eigenvalue weighted by Crippen LogP contribution is 2.33. The molecule has 1 atom stereocenters. The number of Topliss-reactive ketones (excluding diaryl/α,β-unsaturated/α-hetero) is 1. The van der Waals surface area contributed by atoms with Crippen molar-refractivity contribution >= 4 is 42.7 Å². The second-order valence-electron chi connectivity index (χ2n) is 7.39. The molecule has 9 nitrogen and oxygen atoms in total. The van der Waals surface area contributed by atoms with Gasteiger partial charge in [0.25, 0.3) is 0 Å². The van der Waals surface area contributed by atoms with Crippen molar-refractivity contribution in [2.24, 2.45) is 0 Å². The molecule has 0 N–H and O–H groups in total. The van der Waals surface area contributed by atoms with Crippen LogP contribution in [0.2, 0.25) is 0 Å². The summed E-state index contributed by atoms with van der Waals surface area (Å²) in [5.41, 5.74) is 0.718. The first-order valence-electron chi connectivity index (χ1n) is 9.79. The molecule has 3 aromatic rings. The molecule has 0 aliphatic rings. The predicted octanol–water partition coefficient (Wildman–Crippen LogP) is 2.59. The van der Waals surface area contributed by atoms with Gasteiger partial charge in [0.15, 0.2) is 17.1 Å². The van der Waals surface area contributed by atoms with Crippen molar-refractivity contribution in [3.05, 3.63) is 51.0 Å². The number of hydrogen-bond donors (Lipinski definition) is 0. The van der Waals surface area contributed by atoms with Gasteiger partial charge in [-0.3, -0.25) is 13.9 Å². The van der Waals surface area contributed by atoms with Gasteiger partial charge in [0.2, 0.25) is 0 Å². The molecule has 0 bridgehead atoms. The third kappa shape index (κ3) is 5.04. The third-order valence-corrected chi connectivity index (χ3v) is 6.15. The average Bonchev–Trinajstić information content (AvgIpc) is 2.96. The second-order valence-corrected chi connectivity index (χ2v) is 10.5. The first-order valence-corrected chi connectivity index (χ1v) is 12.6. The number of ether oxygens (including phenoxy) is 2. The number of methoxy groups -OCH3 is 1. The quantitative estimate of drug-likeness (QED) is 0.422. The summed E-state index contributed by atoms with van der Waals surface area (Å²) in [6, 6.07) is 5.81. The molecule has 0 fully saturated rings. The zero-order valence-electron chi connectivity index (χ0n) is 18.2. The van der Waals surface area contributed by atoms with Gasteiger partial charge in [-0.25, -0.2) is 18.2 Å². The normalized spacial score (nSPS) is 12.7. The largest absolute Gasteiger partial charge is 0.493 e. The maximum atomic E-state index is 13.4. The summed E-state index contributed by atoms with van der Waals surface area (Å²) in [6.07, 6.45) is 2.63. The summed E-state index contributed by atoms with van der Waals surface area (Å²) in [5.74, 6) is 0.361. The number of hydrogen-bond acceptors (Lipinski definition) is 7. The Morgan fingerprint density at radius 1 is 1.25 bits per heavy atom. The number of halogens is 1. The SMILES string of the molecule is CCOc1cc([C@@H](CS(C)(=O)=O)n2c(=O)n(CC(C)=O)c3cc(Br)cnc32)ccc1OC. The maximum Gasteiger partial charge on any atom is 0.331 e. The van der Waals surface area contributed by atoms with Crippen molar-refractivity contribution in [3.8, 4) is 11.5 Å². The summed E-state index contributed by atoms with van der Waals surface area (Å²) in [4.78, 5) is 29.6. The van der Waals surface area contributed by atoms with Crippen LogP contribution in [0.25, 0.3) is 11.2 Å². The Bertz CT molecular complexity index is 1330. The van der Waals surface area contributed by atoms with Gasteiger partial charge in [0.1, 0.15) is 15.6 Å². The van der Waals surface area contributed by atoms with Crippen molar-refractivity contribution in [1.29, 1.82) is 0 Å². The molecule has 0 spiro atoms. The van der Waals surface area contributed by atoms with Crippen molar-refractivity contribution < 1.29 is 22.7 Å². The minimum absolute atomic E-state index is 0.154. The number of carbonyl (C=O) groups excluding carboxylic acids is 1. The Morgan fingerprint density at radius 3 is 2.56 bits per heavy atom. The summed E-state index contributed by atoms with van der Waals surface area (Å²) in [6.45, 7) is 3.43. The van der Waals surface area contributed by atoms with Gasteiger partial charge in [-0.05, 0) is 53.5 Å². The molecule has 1 aromatic carbocycles. The fourth-order valence-electron chi connectivity index (χ4n) is 3.56. The third-order valence-electron chi connectivity index (χ3n) is 4.80. The Labute approximate surface area is 194 Å². The lowest BCUT2D eigenvalue weighted by Gasteiger charge is -2.20. The molecule has 0 radical (unpaired) electrons. The molecule has 0 aliphatic heterocycles. The number of pyridine rings is 1. The number of imidazole rings is 1. The van der Waals surface area contributed by atoms with Gasteiger partial charge in [-0.2, -0.15) is 0 Å². The number of aromatic nitrogens is 3. The van der Waals surface area contributed by atoms with Crippen molar-refractivity contribution in [1.82, 2.24) is 14.1 Å². The van der Waals surface area contributed by atoms with Crippen LogP contribution in [0.3, 0.4) is 0 Å². The first kappa shape index (κ1) is 24.0. The second kappa shape index (κ2) is 9.45. The van der Waals surface area contributed by atoms with Crippen LogP contribution in [-0.2, 0) is 21.2 Å². The molecule has 11 heteroatoms. The molecule has 0 aliphatic carbocycles. The van der Waals surface area contributed by atoms with E-state index in [1.54, 1.807) is 24.3 Å². The van der Waals surface area contributed by atoms with Crippen LogP contribution in [-0.4, -0.2) is 54.0 Å². The highest BCUT2D eigenvalue weighted by atomic mass is 79.9. The van der Waals surface area contributed by atoms with Crippen LogP contribution in [0.15, 0.2) is 39.7 Å². The smallest absolute Gasteiger partial charge is 0.331 e. The van der Waals surface area contributed by atoms with E-state index in [1.807, 2.05) is 6.92 Å². The Hall–Kier alpha value is -2.66. The fraction of sp³-hybridized carbons (Fsp3) is 0.381. The summed E-state index contributed by atoms with van der Waals surface area (Å²) in [5, 5.41) is 0. The van der Waals surface area contributed by atoms with Crippen molar-refractivity contribution in [2.75, 3.05) is 25.7 Å². The monoisotopic (exact) mass is 525 g/mol. The van der Waals surface area contributed by atoms with Crippen LogP contribution in [0.5, 0.6) is 11.5 Å². The van der Waals surface area contributed by atoms with E-state index in [0.29, 0.717) is 33.7 Å². The van der Waals surface area contributed by atoms with E-state index >= 15 is 0 Å². The van der Waals surface area contributed by atoms with Gasteiger partial charge < -0.3 is 9.47 Å². The number of benzene rings is 1. The topological polar surface area (TPSA) is 109 Å². The van der Waals surface area contributed by atoms with Crippen LogP contribution >= 0.6 is 15.9 Å². The van der Waals surface area contributed by atoms with Crippen LogP contribution in [0.4, 0.5) is 0 Å². The Morgan fingerprint density at radius 2 is 1.97 bits per heavy atom. The molecule has 0 saturated carbocycles. The molecule has 0 saturated heterocycles. The summed E-state index contributed by atoms with van der Waals surface area (Å²) < 4.78 is 38.9. The van der Waals surface area contributed by atoms with Gasteiger partial charge >= 0.3 is 5.69 Å². The molecule has 0 amide bonds. The van der Waals surface area contributed by atoms with Crippen LogP contribution in [0, 0.1) is 0 Å². The highest BCUT2D eigenvalue weighted by Gasteiger charge is 2.27. The minimum atomic E-state index is -3.51. The molecule has 172 valence electrons. The summed E-state index contributed by atoms with van der Waals surface area (Å²) >= 11 is 3.34. The predicted molar refractivity (Wildman–Crippen MR) is 124 cm³/mol. The number of sulfone groups is 1. The lowest BCUT2D eigenvalue weighted by atomic mass is 10.1. The zero-order valence-corrected chi connectivity index (χ0v) is 20.6. The van der Waals surface area contributed by atoms with E-state index in [2.05, 4.69) is 20.9 Å². The molecular weight excluding hydrogens is 502 g/mol. The van der Waals surface area contributed by atoms with E-state index in [4.69, 9.17) is 9.47 Å². The van der Waals surface area contributed by atoms with Gasteiger partial charge in [0.05, 0.1) is 37.6 Å². The molecule has 3 rings (SSSR count). The lowest BCUT2D eigenvalue weighted by Crippen LogP contribution is -2.32. The van der Waals surface area contributed by atoms with Gasteiger partial charge in [0, 0.05) is 16.9 Å². The molecular formula is C21H24BrN3O6S. The van der Waals surface area contributed by atoms with Crippen LogP contribution < -0.4 is 15.2 Å². The fourth-order valence-corrected chi connectivity index (χ4v) is 4.80. The number of carbonyl (C=O) groups is 1. The Kier molecular flexibility index (Phi) is 7.09. The Balaban J connectivity index is 2.33. The summed E-state index contributed by atoms with van der Waals surface area (Å²) in [7, 11) is -2.01. The minimum Gasteiger partial charge on any atom is -0.493 e.